The molecule has 0 saturated carbocycles. The highest BCUT2D eigenvalue weighted by atomic mass is 32.2. The summed E-state index contributed by atoms with van der Waals surface area (Å²) in [5.74, 6) is -0.816. The van der Waals surface area contributed by atoms with Gasteiger partial charge in [-0.3, -0.25) is 9.59 Å². The summed E-state index contributed by atoms with van der Waals surface area (Å²) >= 11 is 1.14. The summed E-state index contributed by atoms with van der Waals surface area (Å²) in [4.78, 5) is 28.2. The number of carbonyl (C=O) groups is 2. The first-order valence-electron chi connectivity index (χ1n) is 9.07. The highest BCUT2D eigenvalue weighted by molar-refractivity contribution is 7.99. The van der Waals surface area contributed by atoms with Gasteiger partial charge >= 0.3 is 5.97 Å². The second kappa shape index (κ2) is 9.41. The third-order valence-corrected chi connectivity index (χ3v) is 5.02. The molecule has 0 aliphatic rings. The normalized spacial score (nSPS) is 11.9. The van der Waals surface area contributed by atoms with E-state index in [1.807, 2.05) is 55.5 Å². The van der Waals surface area contributed by atoms with Crippen LogP contribution < -0.4 is 5.32 Å². The fourth-order valence-corrected chi connectivity index (χ4v) is 3.27. The predicted octanol–water partition coefficient (Wildman–Crippen LogP) is 3.90. The average Bonchev–Trinajstić information content (AvgIpc) is 3.13. The summed E-state index contributed by atoms with van der Waals surface area (Å²) in [7, 11) is 0. The number of benzene rings is 2. The van der Waals surface area contributed by atoms with Crippen molar-refractivity contribution in [2.75, 3.05) is 12.4 Å². The summed E-state index contributed by atoms with van der Waals surface area (Å²) in [5.41, 5.74) is 3.65. The lowest BCUT2D eigenvalue weighted by atomic mass is 10.1. The van der Waals surface area contributed by atoms with Gasteiger partial charge in [-0.1, -0.05) is 55.1 Å². The van der Waals surface area contributed by atoms with Gasteiger partial charge in [0.05, 0.1) is 6.04 Å². The number of nitrogens with zero attached hydrogens (tertiary/aromatic N) is 1. The lowest BCUT2D eigenvalue weighted by Gasteiger charge is -2.14. The second-order valence-corrected chi connectivity index (χ2v) is 7.21. The molecule has 7 heteroatoms. The largest absolute Gasteiger partial charge is 0.455 e. The molecule has 0 aliphatic heterocycles. The summed E-state index contributed by atoms with van der Waals surface area (Å²) < 4.78 is 10.6. The van der Waals surface area contributed by atoms with Gasteiger partial charge in [-0.15, -0.1) is 0 Å². The molecule has 0 saturated heterocycles. The SMILES string of the molecule is CCc1ccc([C@@H](C)NC(=O)COC(=O)CSc2nc3ccccc3o2)cc1. The van der Waals surface area contributed by atoms with Gasteiger partial charge in [-0.05, 0) is 36.6 Å². The van der Waals surface area contributed by atoms with Crippen LogP contribution in [0.5, 0.6) is 0 Å². The topological polar surface area (TPSA) is 81.4 Å². The number of esters is 1. The standard InChI is InChI=1S/C21H22N2O4S/c1-3-15-8-10-16(11-9-15)14(2)22-19(24)12-26-20(25)13-28-21-23-17-6-4-5-7-18(17)27-21/h4-11,14H,3,12-13H2,1-2H3,(H,22,24)/t14-/m1/s1. The number of ether oxygens (including phenoxy) is 1. The molecule has 1 N–H and O–H groups in total. The number of carbonyl (C=O) groups excluding carboxylic acids is 2. The number of amides is 1. The van der Waals surface area contributed by atoms with Gasteiger partial charge in [0.2, 0.25) is 0 Å². The Morgan fingerprint density at radius 3 is 2.64 bits per heavy atom. The van der Waals surface area contributed by atoms with E-state index < -0.39 is 5.97 Å². The molecule has 28 heavy (non-hydrogen) atoms. The summed E-state index contributed by atoms with van der Waals surface area (Å²) in [6.45, 7) is 3.67. The minimum Gasteiger partial charge on any atom is -0.455 e. The molecule has 0 radical (unpaired) electrons. The smallest absolute Gasteiger partial charge is 0.316 e. The number of nitrogens with one attached hydrogen (secondary N) is 1. The third-order valence-electron chi connectivity index (χ3n) is 4.22. The minimum absolute atomic E-state index is 0.0220. The van der Waals surface area contributed by atoms with Crippen molar-refractivity contribution in [3.05, 3.63) is 59.7 Å². The van der Waals surface area contributed by atoms with Crippen LogP contribution in [-0.2, 0) is 20.7 Å². The predicted molar refractivity (Wildman–Crippen MR) is 108 cm³/mol. The zero-order chi connectivity index (χ0) is 19.9. The van der Waals surface area contributed by atoms with Crippen LogP contribution in [-0.4, -0.2) is 29.2 Å². The molecule has 1 atom stereocenters. The summed E-state index contributed by atoms with van der Waals surface area (Å²) in [6, 6.07) is 15.3. The van der Waals surface area contributed by atoms with E-state index in [1.165, 1.54) is 5.56 Å². The Bertz CT molecular complexity index is 919. The molecule has 0 fully saturated rings. The van der Waals surface area contributed by atoms with Crippen molar-refractivity contribution >= 4 is 34.7 Å². The van der Waals surface area contributed by atoms with Crippen LogP contribution in [0.3, 0.4) is 0 Å². The zero-order valence-corrected chi connectivity index (χ0v) is 16.6. The third kappa shape index (κ3) is 5.36. The van der Waals surface area contributed by atoms with Gasteiger partial charge in [0.25, 0.3) is 11.1 Å². The van der Waals surface area contributed by atoms with Crippen molar-refractivity contribution in [3.8, 4) is 0 Å². The van der Waals surface area contributed by atoms with Crippen LogP contribution in [0.2, 0.25) is 0 Å². The number of hydrogen-bond donors (Lipinski definition) is 1. The number of aryl methyl sites for hydroxylation is 1. The molecule has 0 aliphatic carbocycles. The van der Waals surface area contributed by atoms with Crippen LogP contribution >= 0.6 is 11.8 Å². The molecule has 0 bridgehead atoms. The maximum atomic E-state index is 12.0. The first-order chi connectivity index (χ1) is 13.5. The monoisotopic (exact) mass is 398 g/mol. The lowest BCUT2D eigenvalue weighted by molar-refractivity contribution is -0.146. The molecule has 0 spiro atoms. The Hall–Kier alpha value is -2.80. The van der Waals surface area contributed by atoms with E-state index in [0.717, 1.165) is 29.3 Å². The Morgan fingerprint density at radius 2 is 1.93 bits per heavy atom. The van der Waals surface area contributed by atoms with E-state index in [-0.39, 0.29) is 24.3 Å². The molecule has 146 valence electrons. The number of oxazole rings is 1. The quantitative estimate of drug-likeness (QED) is 0.458. The Labute approximate surface area is 167 Å². The molecule has 6 nitrogen and oxygen atoms in total. The fourth-order valence-electron chi connectivity index (χ4n) is 2.63. The maximum Gasteiger partial charge on any atom is 0.316 e. The molecular weight excluding hydrogens is 376 g/mol. The number of hydrogen-bond acceptors (Lipinski definition) is 6. The van der Waals surface area contributed by atoms with Crippen LogP contribution in [0.4, 0.5) is 0 Å². The first-order valence-corrected chi connectivity index (χ1v) is 10.1. The van der Waals surface area contributed by atoms with Crippen molar-refractivity contribution in [1.29, 1.82) is 0 Å². The maximum absolute atomic E-state index is 12.0. The summed E-state index contributed by atoms with van der Waals surface area (Å²) in [5, 5.41) is 3.22. The molecule has 1 aromatic heterocycles. The Balaban J connectivity index is 1.41. The summed E-state index contributed by atoms with van der Waals surface area (Å²) in [6.07, 6.45) is 0.971. The number of fused-ring (bicyclic) bond motifs is 1. The van der Waals surface area contributed by atoms with Crippen molar-refractivity contribution in [2.45, 2.75) is 31.5 Å². The molecule has 2 aromatic carbocycles. The van der Waals surface area contributed by atoms with Gasteiger partial charge < -0.3 is 14.5 Å². The second-order valence-electron chi connectivity index (χ2n) is 6.28. The molecule has 1 heterocycles. The highest BCUT2D eigenvalue weighted by Crippen LogP contribution is 2.23. The van der Waals surface area contributed by atoms with Crippen molar-refractivity contribution < 1.29 is 18.7 Å². The van der Waals surface area contributed by atoms with E-state index in [2.05, 4.69) is 17.2 Å². The van der Waals surface area contributed by atoms with Gasteiger partial charge in [0, 0.05) is 0 Å². The lowest BCUT2D eigenvalue weighted by Crippen LogP contribution is -2.31. The van der Waals surface area contributed by atoms with Gasteiger partial charge in [0.15, 0.2) is 12.2 Å². The van der Waals surface area contributed by atoms with Gasteiger partial charge in [0.1, 0.15) is 11.3 Å². The fraction of sp³-hybridized carbons (Fsp3) is 0.286. The van der Waals surface area contributed by atoms with Crippen molar-refractivity contribution in [3.63, 3.8) is 0 Å². The van der Waals surface area contributed by atoms with Crippen molar-refractivity contribution in [2.24, 2.45) is 0 Å². The molecule has 0 unspecified atom stereocenters. The zero-order valence-electron chi connectivity index (χ0n) is 15.8. The highest BCUT2D eigenvalue weighted by Gasteiger charge is 2.14. The van der Waals surface area contributed by atoms with Crippen LogP contribution in [0.15, 0.2) is 58.2 Å². The molecule has 3 rings (SSSR count). The van der Waals surface area contributed by atoms with E-state index in [1.54, 1.807) is 0 Å². The minimum atomic E-state index is -0.498. The van der Waals surface area contributed by atoms with E-state index in [9.17, 15) is 9.59 Å². The van der Waals surface area contributed by atoms with E-state index in [0.29, 0.717) is 10.8 Å². The first kappa shape index (κ1) is 19.9. The van der Waals surface area contributed by atoms with Crippen molar-refractivity contribution in [1.82, 2.24) is 10.3 Å². The molecular formula is C21H22N2O4S. The van der Waals surface area contributed by atoms with E-state index >= 15 is 0 Å². The van der Waals surface area contributed by atoms with E-state index in [4.69, 9.17) is 9.15 Å². The number of rotatable bonds is 8. The Kier molecular flexibility index (Phi) is 6.71. The average molecular weight is 398 g/mol. The molecule has 1 amide bonds. The van der Waals surface area contributed by atoms with Crippen LogP contribution in [0.25, 0.3) is 11.1 Å². The Morgan fingerprint density at radius 1 is 1.18 bits per heavy atom. The van der Waals surface area contributed by atoms with Gasteiger partial charge in [-0.25, -0.2) is 4.98 Å². The number of aromatic nitrogens is 1. The van der Waals surface area contributed by atoms with Crippen LogP contribution in [0, 0.1) is 0 Å². The van der Waals surface area contributed by atoms with Gasteiger partial charge in [-0.2, -0.15) is 0 Å². The molecule has 3 aromatic rings. The number of para-hydroxylation sites is 2. The van der Waals surface area contributed by atoms with Crippen LogP contribution in [0.1, 0.15) is 31.0 Å². The number of thioether (sulfide) groups is 1.